The second-order valence-corrected chi connectivity index (χ2v) is 7.01. The van der Waals surface area contributed by atoms with E-state index in [4.69, 9.17) is 9.47 Å². The van der Waals surface area contributed by atoms with Crippen LogP contribution in [0.4, 0.5) is 19.0 Å². The summed E-state index contributed by atoms with van der Waals surface area (Å²) in [5.74, 6) is 0.411. The highest BCUT2D eigenvalue weighted by Gasteiger charge is 2.29. The number of pyridine rings is 1. The van der Waals surface area contributed by atoms with E-state index >= 15 is 0 Å². The van der Waals surface area contributed by atoms with Gasteiger partial charge in [0.05, 0.1) is 7.11 Å². The van der Waals surface area contributed by atoms with Crippen LogP contribution in [-0.2, 0) is 24.2 Å². The third kappa shape index (κ3) is 7.29. The van der Waals surface area contributed by atoms with Crippen molar-refractivity contribution < 1.29 is 27.4 Å². The highest BCUT2D eigenvalue weighted by molar-refractivity contribution is 5.89. The number of hydrogen-bond acceptors (Lipinski definition) is 5. The average molecular weight is 448 g/mol. The smallest absolute Gasteiger partial charge is 0.422 e. The zero-order chi connectivity index (χ0) is 23.0. The lowest BCUT2D eigenvalue weighted by molar-refractivity contribution is -0.153. The Morgan fingerprint density at radius 3 is 2.56 bits per heavy atom. The Labute approximate surface area is 183 Å². The van der Waals surface area contributed by atoms with Crippen molar-refractivity contribution in [2.45, 2.75) is 32.0 Å². The van der Waals surface area contributed by atoms with E-state index in [0.29, 0.717) is 18.8 Å². The normalized spacial score (nSPS) is 11.2. The lowest BCUT2D eigenvalue weighted by Gasteiger charge is -2.13. The Morgan fingerprint density at radius 1 is 1.06 bits per heavy atom. The van der Waals surface area contributed by atoms with Crippen LogP contribution in [-0.4, -0.2) is 40.6 Å². The van der Waals surface area contributed by atoms with Crippen LogP contribution in [0.2, 0.25) is 0 Å². The highest BCUT2D eigenvalue weighted by atomic mass is 19.4. The number of hydrogen-bond donors (Lipinski definition) is 1. The fraction of sp³-hybridized carbons (Fsp3) is 0.318. The number of nitrogens with one attached hydrogen (secondary N) is 1. The minimum Gasteiger partial charge on any atom is -0.493 e. The van der Waals surface area contributed by atoms with Gasteiger partial charge in [0.1, 0.15) is 0 Å². The van der Waals surface area contributed by atoms with Gasteiger partial charge in [-0.2, -0.15) is 18.3 Å². The van der Waals surface area contributed by atoms with Gasteiger partial charge in [0.25, 0.3) is 0 Å². The monoisotopic (exact) mass is 448 g/mol. The van der Waals surface area contributed by atoms with Gasteiger partial charge in [0.2, 0.25) is 5.91 Å². The summed E-state index contributed by atoms with van der Waals surface area (Å²) in [6.07, 6.45) is 2.18. The summed E-state index contributed by atoms with van der Waals surface area (Å²) in [6, 6.07) is 10.2. The predicted molar refractivity (Wildman–Crippen MR) is 112 cm³/mol. The lowest BCUT2D eigenvalue weighted by atomic mass is 10.1. The molecule has 3 aromatic rings. The molecule has 2 aromatic heterocycles. The number of nitrogens with zero attached hydrogens (tertiary/aromatic N) is 3. The number of methoxy groups -OCH3 is 1. The standard InChI is InChI=1S/C22H23F3N4O3/c1-31-19-14-17(2-4-18(19)32-15-22(23,24)25)3-5-21(30)27-20-9-13-29(28-20)12-8-16-6-10-26-11-7-16/h2,4,6-7,9-11,13-14H,3,5,8,12,15H2,1H3,(H,27,28,30). The minimum atomic E-state index is -4.44. The third-order valence-electron chi connectivity index (χ3n) is 4.55. The molecule has 0 radical (unpaired) electrons. The van der Waals surface area contributed by atoms with Gasteiger partial charge in [0, 0.05) is 37.6 Å². The van der Waals surface area contributed by atoms with Gasteiger partial charge in [-0.3, -0.25) is 14.5 Å². The Bertz CT molecular complexity index is 1020. The quantitative estimate of drug-likeness (QED) is 0.507. The number of benzene rings is 1. The first-order valence-corrected chi connectivity index (χ1v) is 9.91. The fourth-order valence-electron chi connectivity index (χ4n) is 2.96. The molecule has 0 unspecified atom stereocenters. The topological polar surface area (TPSA) is 78.3 Å². The van der Waals surface area contributed by atoms with Crippen LogP contribution < -0.4 is 14.8 Å². The van der Waals surface area contributed by atoms with Gasteiger partial charge in [0.15, 0.2) is 23.9 Å². The molecule has 0 aliphatic carbocycles. The first-order valence-electron chi connectivity index (χ1n) is 9.91. The molecule has 10 heteroatoms. The van der Waals surface area contributed by atoms with E-state index in [2.05, 4.69) is 15.4 Å². The number of halogens is 3. The summed E-state index contributed by atoms with van der Waals surface area (Å²) in [7, 11) is 1.34. The van der Waals surface area contributed by atoms with Gasteiger partial charge in [-0.1, -0.05) is 6.07 Å². The Morgan fingerprint density at radius 2 is 1.84 bits per heavy atom. The van der Waals surface area contributed by atoms with E-state index in [0.717, 1.165) is 17.5 Å². The molecular weight excluding hydrogens is 425 g/mol. The highest BCUT2D eigenvalue weighted by Crippen LogP contribution is 2.30. The number of aromatic nitrogens is 3. The number of rotatable bonds is 10. The van der Waals surface area contributed by atoms with Crippen molar-refractivity contribution in [3.63, 3.8) is 0 Å². The third-order valence-corrected chi connectivity index (χ3v) is 4.55. The molecule has 0 bridgehead atoms. The maximum atomic E-state index is 12.3. The van der Waals surface area contributed by atoms with Crippen molar-refractivity contribution in [3.8, 4) is 11.5 Å². The molecule has 0 aliphatic rings. The molecule has 0 spiro atoms. The van der Waals surface area contributed by atoms with Crippen molar-refractivity contribution in [3.05, 3.63) is 66.1 Å². The molecular formula is C22H23F3N4O3. The summed E-state index contributed by atoms with van der Waals surface area (Å²) in [5.41, 5.74) is 1.88. The first-order chi connectivity index (χ1) is 15.3. The molecule has 2 heterocycles. The summed E-state index contributed by atoms with van der Waals surface area (Å²) in [5, 5.41) is 7.09. The molecule has 1 amide bonds. The molecule has 7 nitrogen and oxygen atoms in total. The molecule has 0 aliphatic heterocycles. The maximum Gasteiger partial charge on any atom is 0.422 e. The van der Waals surface area contributed by atoms with E-state index < -0.39 is 12.8 Å². The number of anilines is 1. The van der Waals surface area contributed by atoms with E-state index in [1.54, 1.807) is 41.5 Å². The molecule has 170 valence electrons. The molecule has 1 N–H and O–H groups in total. The van der Waals surface area contributed by atoms with Gasteiger partial charge in [-0.25, -0.2) is 0 Å². The minimum absolute atomic E-state index is 0.00432. The lowest BCUT2D eigenvalue weighted by Crippen LogP contribution is -2.19. The Kier molecular flexibility index (Phi) is 7.69. The number of carbonyl (C=O) groups excluding carboxylic acids is 1. The number of aryl methyl sites for hydroxylation is 3. The zero-order valence-electron chi connectivity index (χ0n) is 17.4. The molecule has 32 heavy (non-hydrogen) atoms. The summed E-state index contributed by atoms with van der Waals surface area (Å²) in [6.45, 7) is -0.733. The molecule has 3 rings (SSSR count). The van der Waals surface area contributed by atoms with Gasteiger partial charge in [-0.05, 0) is 48.2 Å². The number of amides is 1. The number of carbonyl (C=O) groups is 1. The first kappa shape index (κ1) is 23.1. The van der Waals surface area contributed by atoms with Gasteiger partial charge >= 0.3 is 6.18 Å². The summed E-state index contributed by atoms with van der Waals surface area (Å²) >= 11 is 0. The molecule has 0 fully saturated rings. The zero-order valence-corrected chi connectivity index (χ0v) is 17.4. The number of ether oxygens (including phenoxy) is 2. The van der Waals surface area contributed by atoms with Crippen LogP contribution in [0.5, 0.6) is 11.5 Å². The number of alkyl halides is 3. The SMILES string of the molecule is COc1cc(CCC(=O)Nc2ccn(CCc3ccncc3)n2)ccc1OCC(F)(F)F. The van der Waals surface area contributed by atoms with Crippen LogP contribution in [0.25, 0.3) is 0 Å². The predicted octanol–water partition coefficient (Wildman–Crippen LogP) is 4.04. The summed E-state index contributed by atoms with van der Waals surface area (Å²) < 4.78 is 48.7. The second-order valence-electron chi connectivity index (χ2n) is 7.01. The van der Waals surface area contributed by atoms with Crippen molar-refractivity contribution >= 4 is 11.7 Å². The Hall–Kier alpha value is -3.56. The molecule has 0 saturated heterocycles. The van der Waals surface area contributed by atoms with Crippen molar-refractivity contribution in [1.82, 2.24) is 14.8 Å². The van der Waals surface area contributed by atoms with Gasteiger partial charge in [-0.15, -0.1) is 0 Å². The van der Waals surface area contributed by atoms with E-state index in [1.165, 1.54) is 13.2 Å². The van der Waals surface area contributed by atoms with E-state index in [1.807, 2.05) is 12.1 Å². The van der Waals surface area contributed by atoms with Crippen LogP contribution in [0.15, 0.2) is 55.0 Å². The second kappa shape index (κ2) is 10.7. The molecule has 0 atom stereocenters. The average Bonchev–Trinajstić information content (AvgIpc) is 3.22. The van der Waals surface area contributed by atoms with Crippen LogP contribution in [0, 0.1) is 0 Å². The van der Waals surface area contributed by atoms with Crippen molar-refractivity contribution in [2.75, 3.05) is 19.0 Å². The van der Waals surface area contributed by atoms with Crippen LogP contribution in [0.3, 0.4) is 0 Å². The van der Waals surface area contributed by atoms with E-state index in [-0.39, 0.29) is 23.8 Å². The van der Waals surface area contributed by atoms with Crippen molar-refractivity contribution in [2.24, 2.45) is 0 Å². The van der Waals surface area contributed by atoms with Crippen LogP contribution in [0.1, 0.15) is 17.5 Å². The van der Waals surface area contributed by atoms with Crippen LogP contribution >= 0.6 is 0 Å². The largest absolute Gasteiger partial charge is 0.493 e. The molecule has 1 aromatic carbocycles. The molecule has 0 saturated carbocycles. The van der Waals surface area contributed by atoms with E-state index in [9.17, 15) is 18.0 Å². The van der Waals surface area contributed by atoms with Gasteiger partial charge < -0.3 is 14.8 Å². The Balaban J connectivity index is 1.48. The maximum absolute atomic E-state index is 12.3. The fourth-order valence-corrected chi connectivity index (χ4v) is 2.96. The van der Waals surface area contributed by atoms with Crippen molar-refractivity contribution in [1.29, 1.82) is 0 Å². The summed E-state index contributed by atoms with van der Waals surface area (Å²) in [4.78, 5) is 16.2.